The standard InChI is InChI=1S/C18H21NO6S/c1-19(2)26(21,22)15-7-5-6-14(11-15)18(20)25-12-13-8-9-16(23-3)17(10-13)24-4/h5-11H,12H2,1-4H3. The molecule has 0 aliphatic rings. The molecule has 0 radical (unpaired) electrons. The first kappa shape index (κ1) is 19.7. The summed E-state index contributed by atoms with van der Waals surface area (Å²) in [4.78, 5) is 12.3. The lowest BCUT2D eigenvalue weighted by Gasteiger charge is -2.12. The molecule has 0 aromatic heterocycles. The number of esters is 1. The molecule has 140 valence electrons. The number of sulfonamides is 1. The van der Waals surface area contributed by atoms with Crippen molar-refractivity contribution in [3.63, 3.8) is 0 Å². The smallest absolute Gasteiger partial charge is 0.338 e. The van der Waals surface area contributed by atoms with Gasteiger partial charge in [0.2, 0.25) is 10.0 Å². The minimum atomic E-state index is -3.62. The Morgan fingerprint density at radius 1 is 1.00 bits per heavy atom. The van der Waals surface area contributed by atoms with Gasteiger partial charge in [-0.05, 0) is 35.9 Å². The molecular formula is C18H21NO6S. The average Bonchev–Trinajstić information content (AvgIpc) is 2.65. The molecule has 0 aliphatic carbocycles. The van der Waals surface area contributed by atoms with Gasteiger partial charge in [-0.25, -0.2) is 17.5 Å². The maximum absolute atomic E-state index is 12.3. The highest BCUT2D eigenvalue weighted by atomic mass is 32.2. The second-order valence-corrected chi connectivity index (χ2v) is 7.73. The van der Waals surface area contributed by atoms with Crippen molar-refractivity contribution in [3.8, 4) is 11.5 Å². The predicted octanol–water partition coefficient (Wildman–Crippen LogP) is 2.31. The van der Waals surface area contributed by atoms with E-state index in [0.717, 1.165) is 4.31 Å². The summed E-state index contributed by atoms with van der Waals surface area (Å²) in [6, 6.07) is 10.9. The first-order valence-electron chi connectivity index (χ1n) is 7.70. The zero-order valence-corrected chi connectivity index (χ0v) is 15.9. The third-order valence-corrected chi connectivity index (χ3v) is 5.48. The molecule has 2 aromatic carbocycles. The van der Waals surface area contributed by atoms with Gasteiger partial charge in [0.25, 0.3) is 0 Å². The summed E-state index contributed by atoms with van der Waals surface area (Å²) in [5.41, 5.74) is 0.876. The highest BCUT2D eigenvalue weighted by Crippen LogP contribution is 2.28. The van der Waals surface area contributed by atoms with Crippen molar-refractivity contribution in [2.75, 3.05) is 28.3 Å². The number of methoxy groups -OCH3 is 2. The van der Waals surface area contributed by atoms with Crippen LogP contribution in [0.15, 0.2) is 47.4 Å². The van der Waals surface area contributed by atoms with Crippen LogP contribution in [0.4, 0.5) is 0 Å². The number of benzene rings is 2. The highest BCUT2D eigenvalue weighted by molar-refractivity contribution is 7.89. The third-order valence-electron chi connectivity index (χ3n) is 3.67. The highest BCUT2D eigenvalue weighted by Gasteiger charge is 2.19. The van der Waals surface area contributed by atoms with Gasteiger partial charge in [0, 0.05) is 14.1 Å². The van der Waals surface area contributed by atoms with Crippen molar-refractivity contribution in [1.82, 2.24) is 4.31 Å². The summed E-state index contributed by atoms with van der Waals surface area (Å²) >= 11 is 0. The van der Waals surface area contributed by atoms with E-state index in [2.05, 4.69) is 0 Å². The maximum Gasteiger partial charge on any atom is 0.338 e. The molecule has 0 spiro atoms. The second-order valence-electron chi connectivity index (χ2n) is 5.58. The van der Waals surface area contributed by atoms with E-state index in [-0.39, 0.29) is 17.1 Å². The van der Waals surface area contributed by atoms with E-state index in [4.69, 9.17) is 14.2 Å². The molecule has 0 saturated heterocycles. The zero-order chi connectivity index (χ0) is 19.3. The van der Waals surface area contributed by atoms with Gasteiger partial charge in [-0.15, -0.1) is 0 Å². The quantitative estimate of drug-likeness (QED) is 0.687. The van der Waals surface area contributed by atoms with Gasteiger partial charge < -0.3 is 14.2 Å². The van der Waals surface area contributed by atoms with Crippen molar-refractivity contribution in [1.29, 1.82) is 0 Å². The summed E-state index contributed by atoms with van der Waals surface area (Å²) in [6.45, 7) is 0.0177. The van der Waals surface area contributed by atoms with E-state index in [1.54, 1.807) is 18.2 Å². The number of hydrogen-bond acceptors (Lipinski definition) is 6. The van der Waals surface area contributed by atoms with Crippen LogP contribution in [-0.4, -0.2) is 47.0 Å². The van der Waals surface area contributed by atoms with Crippen LogP contribution in [0.25, 0.3) is 0 Å². The Hall–Kier alpha value is -2.58. The van der Waals surface area contributed by atoms with Gasteiger partial charge in [-0.1, -0.05) is 12.1 Å². The number of ether oxygens (including phenoxy) is 3. The van der Waals surface area contributed by atoms with E-state index in [1.807, 2.05) is 0 Å². The molecule has 2 rings (SSSR count). The molecule has 0 aliphatic heterocycles. The van der Waals surface area contributed by atoms with Crippen molar-refractivity contribution in [2.45, 2.75) is 11.5 Å². The average molecular weight is 379 g/mol. The third kappa shape index (κ3) is 4.33. The summed E-state index contributed by atoms with van der Waals surface area (Å²) in [7, 11) is 2.29. The number of hydrogen-bond donors (Lipinski definition) is 0. The van der Waals surface area contributed by atoms with Crippen molar-refractivity contribution < 1.29 is 27.4 Å². The molecule has 0 unspecified atom stereocenters. The van der Waals surface area contributed by atoms with E-state index in [9.17, 15) is 13.2 Å². The van der Waals surface area contributed by atoms with E-state index in [0.29, 0.717) is 17.1 Å². The monoisotopic (exact) mass is 379 g/mol. The molecule has 0 fully saturated rings. The minimum absolute atomic E-state index is 0.0177. The predicted molar refractivity (Wildman–Crippen MR) is 96.0 cm³/mol. The number of rotatable bonds is 7. The lowest BCUT2D eigenvalue weighted by atomic mass is 10.2. The maximum atomic E-state index is 12.3. The van der Waals surface area contributed by atoms with E-state index in [1.165, 1.54) is 52.6 Å². The Bertz CT molecular complexity index is 892. The fourth-order valence-corrected chi connectivity index (χ4v) is 3.15. The Morgan fingerprint density at radius 2 is 1.69 bits per heavy atom. The van der Waals surface area contributed by atoms with E-state index < -0.39 is 16.0 Å². The van der Waals surface area contributed by atoms with Gasteiger partial charge in [-0.2, -0.15) is 0 Å². The molecule has 0 saturated carbocycles. The second kappa shape index (κ2) is 8.20. The lowest BCUT2D eigenvalue weighted by Crippen LogP contribution is -2.22. The Kier molecular flexibility index (Phi) is 6.23. The molecule has 2 aromatic rings. The van der Waals surface area contributed by atoms with Crippen LogP contribution in [0, 0.1) is 0 Å². The van der Waals surface area contributed by atoms with Crippen LogP contribution in [0.3, 0.4) is 0 Å². The SMILES string of the molecule is COc1ccc(COC(=O)c2cccc(S(=O)(=O)N(C)C)c2)cc1OC. The number of carbonyl (C=O) groups excluding carboxylic acids is 1. The van der Waals surface area contributed by atoms with Crippen molar-refractivity contribution >= 4 is 16.0 Å². The molecule has 0 heterocycles. The van der Waals surface area contributed by atoms with Gasteiger partial charge in [0.15, 0.2) is 11.5 Å². The van der Waals surface area contributed by atoms with Crippen molar-refractivity contribution in [2.24, 2.45) is 0 Å². The normalized spacial score (nSPS) is 11.3. The zero-order valence-electron chi connectivity index (χ0n) is 15.1. The molecule has 26 heavy (non-hydrogen) atoms. The van der Waals surface area contributed by atoms with Gasteiger partial charge in [-0.3, -0.25) is 0 Å². The topological polar surface area (TPSA) is 82.1 Å². The van der Waals surface area contributed by atoms with Crippen LogP contribution >= 0.6 is 0 Å². The van der Waals surface area contributed by atoms with Crippen LogP contribution in [-0.2, 0) is 21.4 Å². The summed E-state index contributed by atoms with van der Waals surface area (Å²) in [5, 5.41) is 0. The Labute approximate surface area is 153 Å². The van der Waals surface area contributed by atoms with Crippen LogP contribution < -0.4 is 9.47 Å². The fourth-order valence-electron chi connectivity index (χ4n) is 2.20. The van der Waals surface area contributed by atoms with E-state index >= 15 is 0 Å². The summed E-state index contributed by atoms with van der Waals surface area (Å²) in [5.74, 6) is 0.486. The Balaban J connectivity index is 2.14. The van der Waals surface area contributed by atoms with Crippen LogP contribution in [0.2, 0.25) is 0 Å². The van der Waals surface area contributed by atoms with Gasteiger partial charge in [0.05, 0.1) is 24.7 Å². The Morgan fingerprint density at radius 3 is 2.31 bits per heavy atom. The first-order chi connectivity index (χ1) is 12.3. The minimum Gasteiger partial charge on any atom is -0.493 e. The van der Waals surface area contributed by atoms with Crippen LogP contribution in [0.5, 0.6) is 11.5 Å². The molecule has 0 atom stereocenters. The fraction of sp³-hybridized carbons (Fsp3) is 0.278. The summed E-state index contributed by atoms with van der Waals surface area (Å²) < 4.78 is 41.1. The number of carbonyl (C=O) groups is 1. The molecule has 0 bridgehead atoms. The molecule has 8 heteroatoms. The lowest BCUT2D eigenvalue weighted by molar-refractivity contribution is 0.0472. The number of nitrogens with zero attached hydrogens (tertiary/aromatic N) is 1. The molecule has 7 nitrogen and oxygen atoms in total. The molecular weight excluding hydrogens is 358 g/mol. The van der Waals surface area contributed by atoms with Crippen molar-refractivity contribution in [3.05, 3.63) is 53.6 Å². The van der Waals surface area contributed by atoms with Gasteiger partial charge in [0.1, 0.15) is 6.61 Å². The molecule has 0 amide bonds. The van der Waals surface area contributed by atoms with Gasteiger partial charge >= 0.3 is 5.97 Å². The largest absolute Gasteiger partial charge is 0.493 e. The first-order valence-corrected chi connectivity index (χ1v) is 9.14. The van der Waals surface area contributed by atoms with Crippen LogP contribution in [0.1, 0.15) is 15.9 Å². The summed E-state index contributed by atoms with van der Waals surface area (Å²) in [6.07, 6.45) is 0. The molecule has 0 N–H and O–H groups in total.